The molecule has 0 bridgehead atoms. The standard InChI is InChI=1S/C10H19N3O/c1-13(9-5-8-12)10(14)6-3-2-4-7-11/h2-7,9,11H2,1H3. The van der Waals surface area contributed by atoms with E-state index in [9.17, 15) is 4.79 Å². The molecule has 2 N–H and O–H groups in total. The molecule has 1 amide bonds. The predicted molar refractivity (Wildman–Crippen MR) is 55.4 cm³/mol. The van der Waals surface area contributed by atoms with Crippen molar-refractivity contribution in [2.24, 2.45) is 5.73 Å². The Balaban J connectivity index is 3.48. The van der Waals surface area contributed by atoms with Crippen LogP contribution in [0.15, 0.2) is 0 Å². The fourth-order valence-corrected chi connectivity index (χ4v) is 1.13. The van der Waals surface area contributed by atoms with Gasteiger partial charge in [-0.05, 0) is 19.4 Å². The summed E-state index contributed by atoms with van der Waals surface area (Å²) in [6.07, 6.45) is 3.86. The second kappa shape index (κ2) is 8.52. The van der Waals surface area contributed by atoms with Crippen LogP contribution >= 0.6 is 0 Å². The normalized spacial score (nSPS) is 9.50. The maximum atomic E-state index is 11.4. The van der Waals surface area contributed by atoms with Crippen molar-refractivity contribution in [3.05, 3.63) is 0 Å². The Labute approximate surface area is 85.7 Å². The Morgan fingerprint density at radius 3 is 2.71 bits per heavy atom. The van der Waals surface area contributed by atoms with E-state index in [1.165, 1.54) is 0 Å². The first kappa shape index (κ1) is 12.9. The molecule has 0 aliphatic carbocycles. The Morgan fingerprint density at radius 2 is 2.14 bits per heavy atom. The lowest BCUT2D eigenvalue weighted by atomic mass is 10.2. The number of carbonyl (C=O) groups excluding carboxylic acids is 1. The molecule has 80 valence electrons. The molecule has 0 saturated heterocycles. The van der Waals surface area contributed by atoms with E-state index in [4.69, 9.17) is 11.0 Å². The van der Waals surface area contributed by atoms with Gasteiger partial charge in [-0.25, -0.2) is 0 Å². The highest BCUT2D eigenvalue weighted by atomic mass is 16.2. The summed E-state index contributed by atoms with van der Waals surface area (Å²) in [4.78, 5) is 13.0. The van der Waals surface area contributed by atoms with Gasteiger partial charge in [-0.2, -0.15) is 5.26 Å². The summed E-state index contributed by atoms with van der Waals surface area (Å²) in [5.74, 6) is 0.122. The van der Waals surface area contributed by atoms with Gasteiger partial charge in [0.15, 0.2) is 0 Å². The molecule has 4 heteroatoms. The van der Waals surface area contributed by atoms with Gasteiger partial charge < -0.3 is 10.6 Å². The minimum Gasteiger partial charge on any atom is -0.345 e. The topological polar surface area (TPSA) is 70.1 Å². The van der Waals surface area contributed by atoms with E-state index in [0.29, 0.717) is 25.9 Å². The minimum absolute atomic E-state index is 0.122. The number of hydrogen-bond acceptors (Lipinski definition) is 3. The zero-order valence-corrected chi connectivity index (χ0v) is 8.83. The third-order valence-electron chi connectivity index (χ3n) is 2.08. The molecule has 0 spiro atoms. The summed E-state index contributed by atoms with van der Waals surface area (Å²) in [6, 6.07) is 2.02. The van der Waals surface area contributed by atoms with Crippen molar-refractivity contribution in [2.45, 2.75) is 32.1 Å². The molecule has 0 heterocycles. The molecule has 4 nitrogen and oxygen atoms in total. The summed E-state index contributed by atoms with van der Waals surface area (Å²) in [5.41, 5.74) is 5.34. The van der Waals surface area contributed by atoms with Gasteiger partial charge >= 0.3 is 0 Å². The van der Waals surface area contributed by atoms with Crippen LogP contribution in [0.5, 0.6) is 0 Å². The van der Waals surface area contributed by atoms with Crippen LogP contribution in [0.25, 0.3) is 0 Å². The van der Waals surface area contributed by atoms with Gasteiger partial charge in [-0.1, -0.05) is 6.42 Å². The third kappa shape index (κ3) is 6.44. The van der Waals surface area contributed by atoms with Gasteiger partial charge in [0.05, 0.1) is 12.5 Å². The second-order valence-electron chi connectivity index (χ2n) is 3.32. The van der Waals surface area contributed by atoms with Gasteiger partial charge in [-0.3, -0.25) is 4.79 Å². The molecule has 0 aliphatic rings. The highest BCUT2D eigenvalue weighted by molar-refractivity contribution is 5.75. The molecule has 0 fully saturated rings. The Morgan fingerprint density at radius 1 is 1.43 bits per heavy atom. The number of amides is 1. The lowest BCUT2D eigenvalue weighted by Crippen LogP contribution is -2.27. The van der Waals surface area contributed by atoms with E-state index >= 15 is 0 Å². The molecule has 0 unspecified atom stereocenters. The fourth-order valence-electron chi connectivity index (χ4n) is 1.13. The van der Waals surface area contributed by atoms with Crippen LogP contribution in [0.3, 0.4) is 0 Å². The smallest absolute Gasteiger partial charge is 0.222 e. The zero-order chi connectivity index (χ0) is 10.8. The monoisotopic (exact) mass is 197 g/mol. The maximum absolute atomic E-state index is 11.4. The van der Waals surface area contributed by atoms with Gasteiger partial charge in [-0.15, -0.1) is 0 Å². The molecular formula is C10H19N3O. The number of nitriles is 1. The number of rotatable bonds is 7. The van der Waals surface area contributed by atoms with Crippen molar-refractivity contribution >= 4 is 5.91 Å². The second-order valence-corrected chi connectivity index (χ2v) is 3.32. The van der Waals surface area contributed by atoms with Gasteiger partial charge in [0.1, 0.15) is 0 Å². The maximum Gasteiger partial charge on any atom is 0.222 e. The molecule has 0 aromatic rings. The molecule has 0 aliphatic heterocycles. The zero-order valence-electron chi connectivity index (χ0n) is 8.83. The fraction of sp³-hybridized carbons (Fsp3) is 0.800. The first-order valence-electron chi connectivity index (χ1n) is 5.03. The van der Waals surface area contributed by atoms with Gasteiger partial charge in [0, 0.05) is 20.0 Å². The van der Waals surface area contributed by atoms with E-state index in [-0.39, 0.29) is 5.91 Å². The van der Waals surface area contributed by atoms with Crippen molar-refractivity contribution < 1.29 is 4.79 Å². The Hall–Kier alpha value is -1.08. The van der Waals surface area contributed by atoms with Crippen molar-refractivity contribution in [1.82, 2.24) is 4.90 Å². The lowest BCUT2D eigenvalue weighted by molar-refractivity contribution is -0.129. The van der Waals surface area contributed by atoms with E-state index < -0.39 is 0 Å². The average Bonchev–Trinajstić information content (AvgIpc) is 2.20. The summed E-state index contributed by atoms with van der Waals surface area (Å²) in [5, 5.41) is 8.34. The molecule has 0 aromatic carbocycles. The van der Waals surface area contributed by atoms with Gasteiger partial charge in [0.25, 0.3) is 0 Å². The Bertz CT molecular complexity index is 198. The van der Waals surface area contributed by atoms with Crippen LogP contribution in [-0.4, -0.2) is 30.9 Å². The summed E-state index contributed by atoms with van der Waals surface area (Å²) in [7, 11) is 1.74. The van der Waals surface area contributed by atoms with Crippen LogP contribution in [0.4, 0.5) is 0 Å². The molecule has 0 radical (unpaired) electrons. The number of nitrogens with two attached hydrogens (primary N) is 1. The third-order valence-corrected chi connectivity index (χ3v) is 2.08. The van der Waals surface area contributed by atoms with E-state index in [1.807, 2.05) is 6.07 Å². The van der Waals surface area contributed by atoms with Crippen LogP contribution < -0.4 is 5.73 Å². The highest BCUT2D eigenvalue weighted by Crippen LogP contribution is 2.01. The quantitative estimate of drug-likeness (QED) is 0.616. The minimum atomic E-state index is 0.122. The van der Waals surface area contributed by atoms with Crippen LogP contribution in [0, 0.1) is 11.3 Å². The van der Waals surface area contributed by atoms with Crippen LogP contribution in [0.1, 0.15) is 32.1 Å². The molecule has 0 saturated carbocycles. The average molecular weight is 197 g/mol. The summed E-state index contributed by atoms with van der Waals surface area (Å²) >= 11 is 0. The summed E-state index contributed by atoms with van der Waals surface area (Å²) < 4.78 is 0. The van der Waals surface area contributed by atoms with Crippen molar-refractivity contribution in [2.75, 3.05) is 20.1 Å². The molecule has 14 heavy (non-hydrogen) atoms. The van der Waals surface area contributed by atoms with E-state index in [1.54, 1.807) is 11.9 Å². The van der Waals surface area contributed by atoms with Crippen LogP contribution in [0.2, 0.25) is 0 Å². The van der Waals surface area contributed by atoms with Crippen molar-refractivity contribution in [3.63, 3.8) is 0 Å². The Kier molecular flexibility index (Phi) is 7.86. The molecule has 0 aromatic heterocycles. The van der Waals surface area contributed by atoms with E-state index in [2.05, 4.69) is 0 Å². The lowest BCUT2D eigenvalue weighted by Gasteiger charge is -2.14. The van der Waals surface area contributed by atoms with Crippen LogP contribution in [-0.2, 0) is 4.79 Å². The molecule has 0 atom stereocenters. The first-order valence-corrected chi connectivity index (χ1v) is 5.03. The largest absolute Gasteiger partial charge is 0.345 e. The molecule has 0 rings (SSSR count). The summed E-state index contributed by atoms with van der Waals surface area (Å²) in [6.45, 7) is 1.23. The number of nitrogens with zero attached hydrogens (tertiary/aromatic N) is 2. The number of carbonyl (C=O) groups is 1. The predicted octanol–water partition coefficient (Wildman–Crippen LogP) is 0.878. The number of hydrogen-bond donors (Lipinski definition) is 1. The molecular weight excluding hydrogens is 178 g/mol. The van der Waals surface area contributed by atoms with Crippen molar-refractivity contribution in [3.8, 4) is 6.07 Å². The number of unbranched alkanes of at least 4 members (excludes halogenated alkanes) is 2. The van der Waals surface area contributed by atoms with E-state index in [0.717, 1.165) is 19.3 Å². The van der Waals surface area contributed by atoms with Gasteiger partial charge in [0.2, 0.25) is 5.91 Å². The SMILES string of the molecule is CN(CCC#N)C(=O)CCCCCN. The highest BCUT2D eigenvalue weighted by Gasteiger charge is 2.06. The van der Waals surface area contributed by atoms with Crippen molar-refractivity contribution in [1.29, 1.82) is 5.26 Å². The first-order chi connectivity index (χ1) is 6.72.